The van der Waals surface area contributed by atoms with Crippen molar-refractivity contribution in [1.82, 2.24) is 0 Å². The first-order valence-electron chi connectivity index (χ1n) is 28.7. The van der Waals surface area contributed by atoms with E-state index in [4.69, 9.17) is 14.2 Å². The van der Waals surface area contributed by atoms with Gasteiger partial charge in [0.05, 0.1) is 13.0 Å². The minimum Gasteiger partial charge on any atom is -0.462 e. The van der Waals surface area contributed by atoms with Gasteiger partial charge in [0, 0.05) is 13.0 Å². The predicted octanol–water partition coefficient (Wildman–Crippen LogP) is 19.9. The number of carbonyl (C=O) groups excluding carboxylic acids is 2. The predicted molar refractivity (Wildman–Crippen MR) is 306 cm³/mol. The molecule has 0 aliphatic carbocycles. The molecular formula is C65H106O5. The third kappa shape index (κ3) is 56.6. The van der Waals surface area contributed by atoms with E-state index in [0.29, 0.717) is 13.0 Å². The second kappa shape index (κ2) is 59.3. The van der Waals surface area contributed by atoms with E-state index < -0.39 is 6.10 Å². The van der Waals surface area contributed by atoms with Crippen molar-refractivity contribution in [2.45, 2.75) is 245 Å². The number of carbonyl (C=O) groups is 2. The number of esters is 2. The van der Waals surface area contributed by atoms with Gasteiger partial charge in [-0.25, -0.2) is 0 Å². The van der Waals surface area contributed by atoms with Gasteiger partial charge >= 0.3 is 11.9 Å². The van der Waals surface area contributed by atoms with E-state index in [2.05, 4.69) is 142 Å². The van der Waals surface area contributed by atoms with Crippen LogP contribution in [0.4, 0.5) is 0 Å². The Morgan fingerprint density at radius 3 is 1.10 bits per heavy atom. The van der Waals surface area contributed by atoms with Gasteiger partial charge in [-0.05, 0) is 116 Å². The van der Waals surface area contributed by atoms with E-state index in [1.807, 2.05) is 12.2 Å². The van der Waals surface area contributed by atoms with Crippen molar-refractivity contribution in [3.8, 4) is 0 Å². The second-order valence-corrected chi connectivity index (χ2v) is 18.4. The summed E-state index contributed by atoms with van der Waals surface area (Å²) in [4.78, 5) is 25.5. The molecule has 0 saturated carbocycles. The first-order valence-corrected chi connectivity index (χ1v) is 28.7. The fourth-order valence-corrected chi connectivity index (χ4v) is 7.49. The molecule has 1 atom stereocenters. The van der Waals surface area contributed by atoms with Crippen molar-refractivity contribution >= 4 is 11.9 Å². The van der Waals surface area contributed by atoms with E-state index in [1.165, 1.54) is 103 Å². The Morgan fingerprint density at radius 1 is 0.343 bits per heavy atom. The van der Waals surface area contributed by atoms with Crippen LogP contribution in [0.5, 0.6) is 0 Å². The van der Waals surface area contributed by atoms with Crippen molar-refractivity contribution < 1.29 is 23.8 Å². The zero-order valence-corrected chi connectivity index (χ0v) is 45.5. The molecule has 396 valence electrons. The van der Waals surface area contributed by atoms with Gasteiger partial charge in [0.2, 0.25) is 0 Å². The Labute approximate surface area is 432 Å². The third-order valence-corrected chi connectivity index (χ3v) is 11.7. The van der Waals surface area contributed by atoms with Gasteiger partial charge in [0.1, 0.15) is 6.61 Å². The molecule has 0 aliphatic heterocycles. The van der Waals surface area contributed by atoms with E-state index in [-0.39, 0.29) is 31.6 Å². The smallest absolute Gasteiger partial charge is 0.310 e. The summed E-state index contributed by atoms with van der Waals surface area (Å²) in [7, 11) is 0. The van der Waals surface area contributed by atoms with Crippen LogP contribution >= 0.6 is 0 Å². The molecular weight excluding hydrogens is 861 g/mol. The summed E-state index contributed by atoms with van der Waals surface area (Å²) in [6.45, 7) is 7.44. The summed E-state index contributed by atoms with van der Waals surface area (Å²) in [5.74, 6) is -0.566. The van der Waals surface area contributed by atoms with Crippen LogP contribution in [-0.2, 0) is 23.8 Å². The highest BCUT2D eigenvalue weighted by Gasteiger charge is 2.17. The average molecular weight is 968 g/mol. The molecule has 5 heteroatoms. The first kappa shape index (κ1) is 66.0. The fourth-order valence-electron chi connectivity index (χ4n) is 7.49. The Hall–Kier alpha value is -3.96. The molecule has 70 heavy (non-hydrogen) atoms. The van der Waals surface area contributed by atoms with Gasteiger partial charge in [0.15, 0.2) is 6.10 Å². The molecule has 0 heterocycles. The topological polar surface area (TPSA) is 61.8 Å². The molecule has 0 aliphatic rings. The van der Waals surface area contributed by atoms with Crippen LogP contribution in [-0.4, -0.2) is 37.9 Å². The zero-order chi connectivity index (χ0) is 50.6. The fraction of sp³-hybridized carbons (Fsp3) is 0.631. The number of allylic oxidation sites excluding steroid dienone is 21. The van der Waals surface area contributed by atoms with Crippen LogP contribution in [0.1, 0.15) is 239 Å². The maximum atomic E-state index is 12.8. The number of ether oxygens (including phenoxy) is 3. The summed E-state index contributed by atoms with van der Waals surface area (Å²) in [6.07, 6.45) is 85.0. The summed E-state index contributed by atoms with van der Waals surface area (Å²) >= 11 is 0. The van der Waals surface area contributed by atoms with Gasteiger partial charge in [0.25, 0.3) is 0 Å². The molecule has 0 rings (SSSR count). The lowest BCUT2D eigenvalue weighted by Crippen LogP contribution is -2.29. The normalized spacial score (nSPS) is 13.2. The quantitative estimate of drug-likeness (QED) is 0.0345. The molecule has 0 radical (unpaired) electrons. The Balaban J connectivity index is 4.41. The third-order valence-electron chi connectivity index (χ3n) is 11.7. The van der Waals surface area contributed by atoms with Crippen LogP contribution < -0.4 is 0 Å². The lowest BCUT2D eigenvalue weighted by Gasteiger charge is -2.18. The van der Waals surface area contributed by atoms with Crippen LogP contribution in [0.3, 0.4) is 0 Å². The number of hydrogen-bond donors (Lipinski definition) is 0. The number of rotatable bonds is 51. The summed E-state index contributed by atoms with van der Waals surface area (Å²) in [6, 6.07) is 0. The molecule has 0 amide bonds. The second-order valence-electron chi connectivity index (χ2n) is 18.4. The molecule has 0 bridgehead atoms. The molecule has 1 unspecified atom stereocenters. The number of hydrogen-bond acceptors (Lipinski definition) is 5. The van der Waals surface area contributed by atoms with Gasteiger partial charge in [-0.15, -0.1) is 0 Å². The van der Waals surface area contributed by atoms with Crippen LogP contribution in [0.2, 0.25) is 0 Å². The van der Waals surface area contributed by atoms with Gasteiger partial charge in [-0.1, -0.05) is 244 Å². The standard InChI is InChI=1S/C65H106O5/c1-4-7-10-13-16-19-22-25-28-30-32-34-36-39-42-45-48-51-54-57-60-68-61-63(70-65(67)59-56-53-50-47-44-41-37-27-24-21-18-15-12-9-6-3)62-69-64(66)58-55-52-49-46-43-40-38-35-33-31-29-26-23-20-17-14-11-8-5-2/h8-9,11-12,16-21,25-29,33,35,37,44,47,53,56,63H,4-7,10,13-15,22-24,30-32,34,36,38-43,45-46,48-52,54-55,57-62H2,1-3H3/b11-8-,12-9-,19-16-,20-17-,21-18-,28-25-,29-26-,35-33-,37-27-,47-44-,56-53-. The van der Waals surface area contributed by atoms with Gasteiger partial charge < -0.3 is 14.2 Å². The highest BCUT2D eigenvalue weighted by atomic mass is 16.6. The molecule has 0 fully saturated rings. The minimum atomic E-state index is -0.609. The maximum Gasteiger partial charge on any atom is 0.310 e. The van der Waals surface area contributed by atoms with E-state index in [1.54, 1.807) is 0 Å². The number of unbranched alkanes of at least 4 members (excludes halogenated alkanes) is 19. The van der Waals surface area contributed by atoms with E-state index >= 15 is 0 Å². The lowest BCUT2D eigenvalue weighted by molar-refractivity contribution is -0.162. The minimum absolute atomic E-state index is 0.0289. The summed E-state index contributed by atoms with van der Waals surface area (Å²) < 4.78 is 17.4. The van der Waals surface area contributed by atoms with Crippen LogP contribution in [0, 0.1) is 0 Å². The van der Waals surface area contributed by atoms with Gasteiger partial charge in [-0.3, -0.25) is 9.59 Å². The maximum absolute atomic E-state index is 12.8. The molecule has 0 aromatic heterocycles. The highest BCUT2D eigenvalue weighted by Crippen LogP contribution is 2.13. The van der Waals surface area contributed by atoms with Crippen LogP contribution in [0.25, 0.3) is 0 Å². The van der Waals surface area contributed by atoms with E-state index in [0.717, 1.165) is 103 Å². The summed E-state index contributed by atoms with van der Waals surface area (Å²) in [5.41, 5.74) is 0. The van der Waals surface area contributed by atoms with Crippen LogP contribution in [0.15, 0.2) is 134 Å². The SMILES string of the molecule is CC/C=C\C/C=C\C/C=C\C/C=C\C/C=C\CC(=O)OC(COCCCCCCCCCCCC/C=C\C/C=C\CCCCC)COC(=O)CCCCCCCC/C=C\C/C=C\C/C=C\C/C=C\CC. The van der Waals surface area contributed by atoms with Crippen molar-refractivity contribution in [3.05, 3.63) is 134 Å². The highest BCUT2D eigenvalue weighted by molar-refractivity contribution is 5.71. The van der Waals surface area contributed by atoms with Crippen molar-refractivity contribution in [2.24, 2.45) is 0 Å². The molecule has 0 aromatic carbocycles. The average Bonchev–Trinajstić information content (AvgIpc) is 3.36. The lowest BCUT2D eigenvalue weighted by atomic mass is 10.1. The molecule has 0 N–H and O–H groups in total. The monoisotopic (exact) mass is 967 g/mol. The van der Waals surface area contributed by atoms with Crippen molar-refractivity contribution in [2.75, 3.05) is 19.8 Å². The summed E-state index contributed by atoms with van der Waals surface area (Å²) in [5, 5.41) is 0. The first-order chi connectivity index (χ1) is 34.6. The molecule has 0 aromatic rings. The largest absolute Gasteiger partial charge is 0.462 e. The molecule has 0 spiro atoms. The zero-order valence-electron chi connectivity index (χ0n) is 45.5. The van der Waals surface area contributed by atoms with Gasteiger partial charge in [-0.2, -0.15) is 0 Å². The van der Waals surface area contributed by atoms with E-state index in [9.17, 15) is 9.59 Å². The molecule has 5 nitrogen and oxygen atoms in total. The van der Waals surface area contributed by atoms with Crippen molar-refractivity contribution in [3.63, 3.8) is 0 Å². The Bertz CT molecular complexity index is 1470. The van der Waals surface area contributed by atoms with Crippen molar-refractivity contribution in [1.29, 1.82) is 0 Å². The Morgan fingerprint density at radius 2 is 0.686 bits per heavy atom. The molecule has 0 saturated heterocycles. The Kier molecular flexibility index (Phi) is 56.0.